The second kappa shape index (κ2) is 8.69. The van der Waals surface area contributed by atoms with Crippen LogP contribution in [-0.4, -0.2) is 46.9 Å². The molecule has 0 radical (unpaired) electrons. The zero-order valence-corrected chi connectivity index (χ0v) is 15.4. The van der Waals surface area contributed by atoms with Crippen LogP contribution in [0.3, 0.4) is 0 Å². The minimum Gasteiger partial charge on any atom is -0.398 e. The highest BCUT2D eigenvalue weighted by molar-refractivity contribution is 6.65. The molecule has 0 N–H and O–H groups in total. The molecule has 0 atom stereocenters. The fourth-order valence-corrected chi connectivity index (χ4v) is 4.21. The van der Waals surface area contributed by atoms with Gasteiger partial charge in [-0.15, -0.1) is 0 Å². The smallest absolute Gasteiger partial charge is 0.334 e. The van der Waals surface area contributed by atoms with Gasteiger partial charge in [0.25, 0.3) is 0 Å². The standard InChI is InChI=1S/C17H32NO2Si/c1-6-18(7-2,16-17-12-9-8-10-13-17)14-11-15-21(5,19-3)20-4/h8-10,12-13H,6-7,11,14-16H2,1-5H3/q+1. The van der Waals surface area contributed by atoms with Crippen LogP contribution in [0.15, 0.2) is 30.3 Å². The lowest BCUT2D eigenvalue weighted by molar-refractivity contribution is -0.937. The van der Waals surface area contributed by atoms with Crippen LogP contribution < -0.4 is 0 Å². The van der Waals surface area contributed by atoms with E-state index in [-0.39, 0.29) is 0 Å². The van der Waals surface area contributed by atoms with Crippen molar-refractivity contribution in [2.75, 3.05) is 33.9 Å². The summed E-state index contributed by atoms with van der Waals surface area (Å²) in [6.07, 6.45) is 1.17. The molecule has 0 fully saturated rings. The molecule has 1 aromatic rings. The zero-order chi connectivity index (χ0) is 15.8. The number of quaternary nitrogens is 1. The Morgan fingerprint density at radius 1 is 1.00 bits per heavy atom. The van der Waals surface area contributed by atoms with Crippen molar-refractivity contribution in [3.63, 3.8) is 0 Å². The van der Waals surface area contributed by atoms with Gasteiger partial charge in [0.2, 0.25) is 0 Å². The molecule has 4 heteroatoms. The molecule has 0 aliphatic heterocycles. The lowest BCUT2D eigenvalue weighted by Crippen LogP contribution is -2.48. The minimum absolute atomic E-state index is 1.06. The topological polar surface area (TPSA) is 18.5 Å². The predicted octanol–water partition coefficient (Wildman–Crippen LogP) is 3.80. The third kappa shape index (κ3) is 5.55. The van der Waals surface area contributed by atoms with Gasteiger partial charge in [0.05, 0.1) is 19.6 Å². The van der Waals surface area contributed by atoms with Crippen molar-refractivity contribution >= 4 is 8.56 Å². The molecule has 0 aliphatic rings. The van der Waals surface area contributed by atoms with Gasteiger partial charge >= 0.3 is 8.56 Å². The Balaban J connectivity index is 2.64. The van der Waals surface area contributed by atoms with Gasteiger partial charge in [-0.3, -0.25) is 0 Å². The molecule has 3 nitrogen and oxygen atoms in total. The van der Waals surface area contributed by atoms with Gasteiger partial charge in [-0.25, -0.2) is 0 Å². The van der Waals surface area contributed by atoms with Crippen LogP contribution >= 0.6 is 0 Å². The molecule has 0 heterocycles. The highest BCUT2D eigenvalue weighted by atomic mass is 28.4. The van der Waals surface area contributed by atoms with Crippen LogP contribution in [0.2, 0.25) is 12.6 Å². The summed E-state index contributed by atoms with van der Waals surface area (Å²) < 4.78 is 12.3. The van der Waals surface area contributed by atoms with Crippen molar-refractivity contribution in [2.24, 2.45) is 0 Å². The highest BCUT2D eigenvalue weighted by Gasteiger charge is 2.31. The summed E-state index contributed by atoms with van der Waals surface area (Å²) >= 11 is 0. The molecule has 0 unspecified atom stereocenters. The summed E-state index contributed by atoms with van der Waals surface area (Å²) in [6, 6.07) is 11.9. The molecule has 0 aliphatic carbocycles. The van der Waals surface area contributed by atoms with E-state index in [9.17, 15) is 0 Å². The highest BCUT2D eigenvalue weighted by Crippen LogP contribution is 2.20. The predicted molar refractivity (Wildman–Crippen MR) is 91.4 cm³/mol. The van der Waals surface area contributed by atoms with E-state index in [1.807, 2.05) is 0 Å². The number of rotatable bonds is 10. The minimum atomic E-state index is -1.92. The first-order valence-corrected chi connectivity index (χ1v) is 10.5. The lowest BCUT2D eigenvalue weighted by Gasteiger charge is -2.37. The molecule has 0 amide bonds. The Morgan fingerprint density at radius 2 is 1.57 bits per heavy atom. The number of hydrogen-bond acceptors (Lipinski definition) is 2. The molecule has 0 aromatic heterocycles. The third-order valence-corrected chi connectivity index (χ3v) is 7.82. The summed E-state index contributed by atoms with van der Waals surface area (Å²) in [4.78, 5) is 0. The maximum atomic E-state index is 5.60. The van der Waals surface area contributed by atoms with Gasteiger partial charge in [-0.2, -0.15) is 0 Å². The monoisotopic (exact) mass is 310 g/mol. The van der Waals surface area contributed by atoms with Crippen molar-refractivity contribution in [1.82, 2.24) is 0 Å². The number of benzene rings is 1. The molecular weight excluding hydrogens is 278 g/mol. The van der Waals surface area contributed by atoms with E-state index in [0.29, 0.717) is 0 Å². The number of hydrogen-bond donors (Lipinski definition) is 0. The molecule has 0 bridgehead atoms. The van der Waals surface area contributed by atoms with Crippen molar-refractivity contribution < 1.29 is 13.3 Å². The third-order valence-electron chi connectivity index (χ3n) is 4.83. The summed E-state index contributed by atoms with van der Waals surface area (Å²) in [5.74, 6) is 0. The van der Waals surface area contributed by atoms with Crippen molar-refractivity contribution in [2.45, 2.75) is 39.4 Å². The SMILES string of the molecule is CC[N+](CC)(CCC[Si](C)(OC)OC)Cc1ccccc1. The summed E-state index contributed by atoms with van der Waals surface area (Å²) in [5.41, 5.74) is 1.43. The van der Waals surface area contributed by atoms with E-state index in [0.717, 1.165) is 17.1 Å². The largest absolute Gasteiger partial charge is 0.398 e. The molecule has 21 heavy (non-hydrogen) atoms. The van der Waals surface area contributed by atoms with Crippen molar-refractivity contribution in [3.8, 4) is 0 Å². The Morgan fingerprint density at radius 3 is 2.05 bits per heavy atom. The molecule has 1 rings (SSSR count). The van der Waals surface area contributed by atoms with Crippen LogP contribution in [0.1, 0.15) is 25.8 Å². The van der Waals surface area contributed by atoms with Gasteiger partial charge in [-0.05, 0) is 32.9 Å². The van der Waals surface area contributed by atoms with Crippen LogP contribution in [-0.2, 0) is 15.4 Å². The lowest BCUT2D eigenvalue weighted by atomic mass is 10.1. The van der Waals surface area contributed by atoms with E-state index >= 15 is 0 Å². The molecule has 0 saturated carbocycles. The Kier molecular flexibility index (Phi) is 7.60. The Hall–Kier alpha value is -0.683. The first-order chi connectivity index (χ1) is 10.0. The summed E-state index contributed by atoms with van der Waals surface area (Å²) in [5, 5.41) is 0. The van der Waals surface area contributed by atoms with Crippen molar-refractivity contribution in [3.05, 3.63) is 35.9 Å². The van der Waals surface area contributed by atoms with Gasteiger partial charge in [-0.1, -0.05) is 30.3 Å². The maximum absolute atomic E-state index is 5.60. The fourth-order valence-electron chi connectivity index (χ4n) is 2.84. The first kappa shape index (κ1) is 18.4. The van der Waals surface area contributed by atoms with E-state index in [2.05, 4.69) is 50.7 Å². The van der Waals surface area contributed by atoms with Crippen LogP contribution in [0, 0.1) is 0 Å². The summed E-state index contributed by atoms with van der Waals surface area (Å²) in [6.45, 7) is 11.4. The molecule has 120 valence electrons. The first-order valence-electron chi connectivity index (χ1n) is 8.02. The second-order valence-corrected chi connectivity index (χ2v) is 9.57. The van der Waals surface area contributed by atoms with E-state index in [4.69, 9.17) is 8.85 Å². The fraction of sp³-hybridized carbons (Fsp3) is 0.647. The Labute approximate surface area is 131 Å². The van der Waals surface area contributed by atoms with Gasteiger partial charge < -0.3 is 13.3 Å². The maximum Gasteiger partial charge on any atom is 0.334 e. The molecular formula is C17H32NO2Si+. The van der Waals surface area contributed by atoms with Crippen molar-refractivity contribution in [1.29, 1.82) is 0 Å². The van der Waals surface area contributed by atoms with Gasteiger partial charge in [0, 0.05) is 19.8 Å². The van der Waals surface area contributed by atoms with E-state index in [1.165, 1.54) is 31.6 Å². The number of nitrogens with zero attached hydrogens (tertiary/aromatic N) is 1. The molecule has 0 spiro atoms. The van der Waals surface area contributed by atoms with E-state index < -0.39 is 8.56 Å². The Bertz CT molecular complexity index is 389. The molecule has 0 saturated heterocycles. The van der Waals surface area contributed by atoms with Crippen LogP contribution in [0.25, 0.3) is 0 Å². The van der Waals surface area contributed by atoms with E-state index in [1.54, 1.807) is 14.2 Å². The van der Waals surface area contributed by atoms with Crippen LogP contribution in [0.5, 0.6) is 0 Å². The zero-order valence-electron chi connectivity index (χ0n) is 14.4. The average Bonchev–Trinajstić information content (AvgIpc) is 2.54. The quantitative estimate of drug-likeness (QED) is 0.483. The molecule has 1 aromatic carbocycles. The normalized spacial score (nSPS) is 12.6. The second-order valence-electron chi connectivity index (χ2n) is 5.99. The van der Waals surface area contributed by atoms with Crippen LogP contribution in [0.4, 0.5) is 0 Å². The van der Waals surface area contributed by atoms with Gasteiger partial charge in [0.1, 0.15) is 6.54 Å². The summed E-state index contributed by atoms with van der Waals surface area (Å²) in [7, 11) is 1.63. The van der Waals surface area contributed by atoms with Gasteiger partial charge in [0.15, 0.2) is 0 Å². The average molecular weight is 311 g/mol.